The first-order valence-corrected chi connectivity index (χ1v) is 44.4. The van der Waals surface area contributed by atoms with Gasteiger partial charge in [-0.1, -0.05) is 86.0 Å². The number of nitrogens with two attached hydrogens (primary N) is 1. The molecule has 34 heteroatoms. The number of rotatable bonds is 18. The Morgan fingerprint density at radius 1 is 0.379 bits per heavy atom. The van der Waals surface area contributed by atoms with Crippen molar-refractivity contribution in [2.24, 2.45) is 0 Å². The van der Waals surface area contributed by atoms with Gasteiger partial charge in [0.05, 0.1) is 85.3 Å². The summed E-state index contributed by atoms with van der Waals surface area (Å²) >= 11 is 5.50. The average molecular weight is 1890 g/mol. The van der Waals surface area contributed by atoms with Crippen molar-refractivity contribution >= 4 is 74.4 Å². The molecule has 0 bridgehead atoms. The minimum atomic E-state index is -4.01. The number of hydrogen-bond acceptors (Lipinski definition) is 24. The monoisotopic (exact) mass is 1890 g/mol. The molecule has 3 N–H and O–H groups in total. The number of benzene rings is 11. The number of carbonyl (C=O) groups is 1. The van der Waals surface area contributed by atoms with E-state index in [0.717, 1.165) is 67.5 Å². The zero-order valence-electron chi connectivity index (χ0n) is 70.9. The summed E-state index contributed by atoms with van der Waals surface area (Å²) in [7, 11) is -6.26. The first-order chi connectivity index (χ1) is 60.1. The van der Waals surface area contributed by atoms with Crippen LogP contribution in [-0.4, -0.2) is 107 Å². The van der Waals surface area contributed by atoms with Gasteiger partial charge in [0.2, 0.25) is 31.7 Å². The third-order valence-electron chi connectivity index (χ3n) is 18.5. The third-order valence-corrected chi connectivity index (χ3v) is 24.0. The number of aryl methyl sites for hydroxylation is 10. The number of ether oxygens (including phenoxy) is 5. The second-order valence-electron chi connectivity index (χ2n) is 29.1. The minimum absolute atomic E-state index is 0. The molecular formula is C98H107Cl2N13O16S3. The van der Waals surface area contributed by atoms with Gasteiger partial charge in [0.15, 0.2) is 0 Å². The molecule has 0 unspecified atom stereocenters. The summed E-state index contributed by atoms with van der Waals surface area (Å²) in [4.78, 5) is 33.5. The summed E-state index contributed by atoms with van der Waals surface area (Å²) in [6, 6.07) is 66.1. The number of nitro benzene ring substituents is 2. The average Bonchev–Trinajstić information content (AvgIpc) is 0.781. The van der Waals surface area contributed by atoms with Gasteiger partial charge < -0.3 is 39.6 Å². The van der Waals surface area contributed by atoms with E-state index in [0.29, 0.717) is 85.7 Å². The summed E-state index contributed by atoms with van der Waals surface area (Å²) in [5.41, 5.74) is 17.9. The maximum atomic E-state index is 13.4. The van der Waals surface area contributed by atoms with Gasteiger partial charge in [-0.25, -0.2) is 25.3 Å². The third kappa shape index (κ3) is 32.1. The van der Waals surface area contributed by atoms with Crippen LogP contribution in [0.25, 0.3) is 0 Å². The van der Waals surface area contributed by atoms with Crippen molar-refractivity contribution in [3.63, 3.8) is 0 Å². The lowest BCUT2D eigenvalue weighted by molar-refractivity contribution is -0.385. The summed E-state index contributed by atoms with van der Waals surface area (Å²) in [6.07, 6.45) is 0.394. The highest BCUT2D eigenvalue weighted by molar-refractivity contribution is 8.13. The number of nitriles is 6. The molecule has 0 radical (unpaired) electrons. The van der Waals surface area contributed by atoms with Crippen molar-refractivity contribution in [3.8, 4) is 93.9 Å². The fourth-order valence-electron chi connectivity index (χ4n) is 13.0. The lowest BCUT2D eigenvalue weighted by Gasteiger charge is -2.34. The van der Waals surface area contributed by atoms with Crippen LogP contribution < -0.4 is 34.7 Å². The molecule has 0 spiro atoms. The lowest BCUT2D eigenvalue weighted by Crippen LogP contribution is -2.50. The molecule has 1 amide bonds. The molecule has 2 aliphatic rings. The van der Waals surface area contributed by atoms with Crippen molar-refractivity contribution in [1.29, 1.82) is 31.6 Å². The Labute approximate surface area is 784 Å². The van der Waals surface area contributed by atoms with Crippen LogP contribution in [0.3, 0.4) is 0 Å². The van der Waals surface area contributed by atoms with Crippen LogP contribution in [0, 0.1) is 157 Å². The predicted octanol–water partition coefficient (Wildman–Crippen LogP) is 22.4. The molecule has 2 saturated heterocycles. The largest absolute Gasteiger partial charge is 0.456 e. The van der Waals surface area contributed by atoms with Crippen LogP contribution in [-0.2, 0) is 33.9 Å². The van der Waals surface area contributed by atoms with Crippen LogP contribution in [0.15, 0.2) is 215 Å². The topological polar surface area (TPSA) is 442 Å². The smallest absolute Gasteiger partial charge is 0.312 e. The molecule has 692 valence electrons. The highest BCUT2D eigenvalue weighted by Crippen LogP contribution is 2.39. The number of halogens is 2. The minimum Gasteiger partial charge on any atom is -0.456 e. The quantitative estimate of drug-likeness (QED) is 0.0349. The van der Waals surface area contributed by atoms with Gasteiger partial charge in [-0.2, -0.15) is 40.2 Å². The van der Waals surface area contributed by atoms with Crippen LogP contribution >= 0.6 is 22.3 Å². The molecule has 0 aromatic heterocycles. The maximum Gasteiger partial charge on any atom is 0.312 e. The SMILES string of the molecule is C.C.C.C.C.CCC(=O)N1CCN(S(=O)(=O)c2cc(C#N)ccc2Oc2cc(C)cc(C)c2)CC1.Cc1cc(C)cc(Oc2ccc(C#N)cc2N)c1.Cc1cc(C)cc(Oc2ccc(C#N)cc2S(=O)(=O)Cl)c1.Cc1cc(C)cc(Oc2ccc(C#N)cc2S(=O)(=O)N2CCNCC2)c1.Cc1cc(C)cc(Oc2ccc(C#N)cc2[N+](=O)[O-])c1.N#Cc1ccc(Cl)c([N+](=O)[O-])c1. The number of nitrogens with one attached hydrogen (secondary N) is 1. The zero-order valence-corrected chi connectivity index (χ0v) is 74.9. The molecule has 2 heterocycles. The second kappa shape index (κ2) is 51.2. The number of hydrogen-bond donors (Lipinski definition) is 2. The Hall–Kier alpha value is -14.3. The summed E-state index contributed by atoms with van der Waals surface area (Å²) in [5.74, 6) is 4.11. The molecule has 2 aliphatic heterocycles. The molecule has 13 rings (SSSR count). The van der Waals surface area contributed by atoms with Gasteiger partial charge in [0, 0.05) is 81.6 Å². The van der Waals surface area contributed by atoms with Crippen molar-refractivity contribution < 1.29 is 63.6 Å². The standard InChI is InChI=1S/C22H25N3O4S.C19H21N3O3S.C15H12ClNO3S.C15H12N2O3.C15H14N2O.C7H3ClN2O2.5CH4/c1-4-22(26)24-7-9-25(10-8-24)30(27,28)21-14-18(15-23)5-6-20(21)29-19-12-16(2)11-17(3)13-19;1-14-9-15(2)11-17(10-14)25-18-4-3-16(13-20)12-19(18)26(23,24)22-7-5-21-6-8-22;1-10-5-11(2)7-13(6-10)20-14-4-3-12(9-17)8-15(14)21(16,18)19;1-10-5-11(2)7-13(6-10)20-15-4-3-12(9-16)8-14(15)17(18)19;1-10-5-11(2)7-13(6-10)18-15-4-3-12(9-16)8-14(15)17;8-6-2-1-5(4-9)3-7(6)10(11)12;;;;;/h5-6,11-14H,4,7-10H2,1-3H3;3-4,9-12,21H,5-8H2,1-2H3;3-8H,1-2H3;3-8H,1-2H3;3-8H,17H2,1-2H3;1-3H;5*1H4. The maximum absolute atomic E-state index is 13.4. The van der Waals surface area contributed by atoms with E-state index in [2.05, 4.69) is 11.4 Å². The first-order valence-electron chi connectivity index (χ1n) is 38.9. The molecule has 0 aliphatic carbocycles. The number of sulfonamides is 2. The zero-order chi connectivity index (χ0) is 93.2. The van der Waals surface area contributed by atoms with Crippen LogP contribution in [0.5, 0.6) is 57.5 Å². The van der Waals surface area contributed by atoms with E-state index < -0.39 is 38.9 Å². The van der Waals surface area contributed by atoms with E-state index in [1.807, 2.05) is 160 Å². The fraction of sp³-hybridized carbons (Fsp3) is 0.255. The van der Waals surface area contributed by atoms with Gasteiger partial charge >= 0.3 is 5.69 Å². The van der Waals surface area contributed by atoms with Crippen LogP contribution in [0.1, 0.15) is 139 Å². The molecule has 0 atom stereocenters. The fourth-order valence-corrected chi connectivity index (χ4v) is 17.3. The van der Waals surface area contributed by atoms with Gasteiger partial charge in [0.1, 0.15) is 71.5 Å². The van der Waals surface area contributed by atoms with Crippen molar-refractivity contribution in [2.45, 2.75) is 134 Å². The number of carbonyl (C=O) groups excluding carboxylic acids is 1. The molecular weight excluding hydrogens is 1780 g/mol. The van der Waals surface area contributed by atoms with Gasteiger partial charge in [-0.3, -0.25) is 25.0 Å². The highest BCUT2D eigenvalue weighted by Gasteiger charge is 2.34. The van der Waals surface area contributed by atoms with Gasteiger partial charge in [-0.15, -0.1) is 0 Å². The van der Waals surface area contributed by atoms with Crippen molar-refractivity contribution in [3.05, 3.63) is 314 Å². The Bertz CT molecular complexity index is 6520. The van der Waals surface area contributed by atoms with E-state index in [4.69, 9.17) is 72.7 Å². The lowest BCUT2D eigenvalue weighted by atomic mass is 10.1. The van der Waals surface area contributed by atoms with Crippen molar-refractivity contribution in [2.75, 3.05) is 58.1 Å². The molecule has 132 heavy (non-hydrogen) atoms. The summed E-state index contributed by atoms with van der Waals surface area (Å²) in [5, 5.41) is 77.8. The molecule has 29 nitrogen and oxygen atoms in total. The number of nitrogens with zero attached hydrogens (tertiary/aromatic N) is 11. The number of anilines is 1. The van der Waals surface area contributed by atoms with E-state index in [-0.39, 0.29) is 138 Å². The van der Waals surface area contributed by atoms with Crippen molar-refractivity contribution in [1.82, 2.24) is 18.8 Å². The predicted molar refractivity (Wildman–Crippen MR) is 514 cm³/mol. The number of piperazine rings is 2. The first kappa shape index (κ1) is 112. The van der Waals surface area contributed by atoms with Gasteiger partial charge in [-0.05, 0) is 283 Å². The number of amides is 1. The van der Waals surface area contributed by atoms with Gasteiger partial charge in [0.25, 0.3) is 14.7 Å². The molecule has 11 aromatic rings. The normalized spacial score (nSPS) is 11.8. The Kier molecular flexibility index (Phi) is 43.4. The molecule has 2 fully saturated rings. The number of nitrogen functional groups attached to an aromatic ring is 1. The van der Waals surface area contributed by atoms with E-state index >= 15 is 0 Å². The molecule has 11 aromatic carbocycles. The van der Waals surface area contributed by atoms with E-state index in [9.17, 15) is 60.8 Å². The van der Waals surface area contributed by atoms with Crippen LogP contribution in [0.2, 0.25) is 5.02 Å². The Balaban J connectivity index is 0.000000412. The highest BCUT2D eigenvalue weighted by atomic mass is 35.7. The van der Waals surface area contributed by atoms with Crippen LogP contribution in [0.4, 0.5) is 17.1 Å². The van der Waals surface area contributed by atoms with E-state index in [1.165, 1.54) is 81.4 Å². The Morgan fingerprint density at radius 2 is 0.636 bits per heavy atom. The summed E-state index contributed by atoms with van der Waals surface area (Å²) < 4.78 is 108. The second-order valence-corrected chi connectivity index (χ2v) is 35.9. The van der Waals surface area contributed by atoms with E-state index in [1.54, 1.807) is 72.5 Å². The summed E-state index contributed by atoms with van der Waals surface area (Å²) in [6.45, 7) is 24.4. The molecule has 0 saturated carbocycles. The number of nitro groups is 2. The Morgan fingerprint density at radius 3 is 0.939 bits per heavy atom.